The first kappa shape index (κ1) is 17.3. The van der Waals surface area contributed by atoms with Crippen molar-refractivity contribution in [3.8, 4) is 5.75 Å². The smallest absolute Gasteiger partial charge is 0.194 e. The van der Waals surface area contributed by atoms with Crippen LogP contribution in [0.3, 0.4) is 0 Å². The predicted octanol–water partition coefficient (Wildman–Crippen LogP) is 1.82. The van der Waals surface area contributed by atoms with Gasteiger partial charge >= 0.3 is 0 Å². The number of aromatic nitrogens is 3. The molecule has 1 aliphatic heterocycles. The van der Waals surface area contributed by atoms with Gasteiger partial charge in [0.25, 0.3) is 0 Å². The fourth-order valence-electron chi connectivity index (χ4n) is 2.90. The molecule has 7 heteroatoms. The summed E-state index contributed by atoms with van der Waals surface area (Å²) in [6.07, 6.45) is 3.94. The van der Waals surface area contributed by atoms with Crippen molar-refractivity contribution in [2.45, 2.75) is 32.4 Å². The normalized spacial score (nSPS) is 16.1. The molecule has 0 radical (unpaired) electrons. The molecular weight excluding hydrogens is 316 g/mol. The third-order valence-electron chi connectivity index (χ3n) is 4.30. The van der Waals surface area contributed by atoms with E-state index >= 15 is 0 Å². The molecule has 25 heavy (non-hydrogen) atoms. The summed E-state index contributed by atoms with van der Waals surface area (Å²) in [7, 11) is 1.93. The van der Waals surface area contributed by atoms with E-state index in [1.807, 2.05) is 41.9 Å². The van der Waals surface area contributed by atoms with E-state index in [0.717, 1.165) is 50.0 Å². The molecule has 0 amide bonds. The van der Waals surface area contributed by atoms with Crippen molar-refractivity contribution < 1.29 is 4.74 Å². The number of likely N-dealkylation sites (tertiary alicyclic amines) is 1. The quantitative estimate of drug-likeness (QED) is 0.663. The number of rotatable bonds is 5. The third kappa shape index (κ3) is 4.71. The van der Waals surface area contributed by atoms with Crippen LogP contribution in [0.15, 0.2) is 41.7 Å². The number of nitrogens with zero attached hydrogens (tertiary/aromatic N) is 5. The number of aryl methyl sites for hydroxylation is 1. The van der Waals surface area contributed by atoms with Crippen LogP contribution >= 0.6 is 0 Å². The summed E-state index contributed by atoms with van der Waals surface area (Å²) < 4.78 is 7.97. The lowest BCUT2D eigenvalue weighted by Gasteiger charge is -2.34. The predicted molar refractivity (Wildman–Crippen MR) is 97.5 cm³/mol. The van der Waals surface area contributed by atoms with Gasteiger partial charge in [0.05, 0.1) is 0 Å². The second-order valence-electron chi connectivity index (χ2n) is 6.15. The van der Waals surface area contributed by atoms with Crippen LogP contribution in [0.1, 0.15) is 25.6 Å². The number of hydrogen-bond acceptors (Lipinski definition) is 4. The molecule has 0 bridgehead atoms. The molecule has 134 valence electrons. The van der Waals surface area contributed by atoms with E-state index in [1.54, 1.807) is 6.33 Å². The summed E-state index contributed by atoms with van der Waals surface area (Å²) in [6, 6.07) is 10.0. The van der Waals surface area contributed by atoms with Crippen LogP contribution in [-0.2, 0) is 13.6 Å². The van der Waals surface area contributed by atoms with Crippen molar-refractivity contribution in [3.05, 3.63) is 42.5 Å². The van der Waals surface area contributed by atoms with E-state index < -0.39 is 0 Å². The molecule has 0 aliphatic carbocycles. The Kier molecular flexibility index (Phi) is 5.87. The number of piperidine rings is 1. The van der Waals surface area contributed by atoms with Crippen molar-refractivity contribution in [2.75, 3.05) is 19.6 Å². The van der Waals surface area contributed by atoms with Gasteiger partial charge in [-0.3, -0.25) is 0 Å². The number of hydrogen-bond donors (Lipinski definition) is 1. The van der Waals surface area contributed by atoms with Crippen LogP contribution in [-0.4, -0.2) is 51.4 Å². The van der Waals surface area contributed by atoms with Gasteiger partial charge in [-0.15, -0.1) is 10.2 Å². The highest BCUT2D eigenvalue weighted by molar-refractivity contribution is 5.80. The molecule has 1 N–H and O–H groups in total. The van der Waals surface area contributed by atoms with Crippen LogP contribution in [0, 0.1) is 0 Å². The first-order valence-electron chi connectivity index (χ1n) is 8.84. The minimum atomic E-state index is 0.264. The van der Waals surface area contributed by atoms with Crippen molar-refractivity contribution in [1.82, 2.24) is 25.0 Å². The average Bonchev–Trinajstić information content (AvgIpc) is 3.05. The van der Waals surface area contributed by atoms with E-state index in [1.165, 1.54) is 0 Å². The van der Waals surface area contributed by atoms with Crippen molar-refractivity contribution in [1.29, 1.82) is 0 Å². The Morgan fingerprint density at radius 3 is 2.68 bits per heavy atom. The van der Waals surface area contributed by atoms with Gasteiger partial charge in [-0.05, 0) is 19.1 Å². The SMILES string of the molecule is CCNC(=NCc1nncn1C)N1CCC(Oc2ccccc2)CC1. The van der Waals surface area contributed by atoms with Gasteiger partial charge in [0, 0.05) is 39.5 Å². The Balaban J connectivity index is 1.56. The van der Waals surface area contributed by atoms with Gasteiger partial charge in [0.15, 0.2) is 11.8 Å². The summed E-state index contributed by atoms with van der Waals surface area (Å²) >= 11 is 0. The average molecular weight is 342 g/mol. The molecule has 0 unspecified atom stereocenters. The summed E-state index contributed by atoms with van der Waals surface area (Å²) in [5.41, 5.74) is 0. The monoisotopic (exact) mass is 342 g/mol. The van der Waals surface area contributed by atoms with Gasteiger partial charge in [-0.1, -0.05) is 18.2 Å². The molecule has 0 saturated carbocycles. The third-order valence-corrected chi connectivity index (χ3v) is 4.30. The van der Waals surface area contributed by atoms with E-state index in [2.05, 4.69) is 27.3 Å². The van der Waals surface area contributed by atoms with Crippen molar-refractivity contribution in [2.24, 2.45) is 12.0 Å². The minimum absolute atomic E-state index is 0.264. The number of ether oxygens (including phenoxy) is 1. The maximum absolute atomic E-state index is 6.07. The lowest BCUT2D eigenvalue weighted by molar-refractivity contribution is 0.129. The minimum Gasteiger partial charge on any atom is -0.490 e. The number of benzene rings is 1. The van der Waals surface area contributed by atoms with E-state index in [9.17, 15) is 0 Å². The summed E-state index contributed by atoms with van der Waals surface area (Å²) in [4.78, 5) is 7.01. The molecule has 1 saturated heterocycles. The maximum Gasteiger partial charge on any atom is 0.194 e. The Morgan fingerprint density at radius 1 is 1.28 bits per heavy atom. The molecule has 1 aromatic carbocycles. The van der Waals surface area contributed by atoms with E-state index in [4.69, 9.17) is 9.73 Å². The lowest BCUT2D eigenvalue weighted by atomic mass is 10.1. The molecule has 7 nitrogen and oxygen atoms in total. The molecule has 1 fully saturated rings. The number of aliphatic imine (C=N–C) groups is 1. The summed E-state index contributed by atoms with van der Waals surface area (Å²) in [5, 5.41) is 11.4. The zero-order valence-corrected chi connectivity index (χ0v) is 14.9. The van der Waals surface area contributed by atoms with E-state index in [-0.39, 0.29) is 6.10 Å². The number of nitrogens with one attached hydrogen (secondary N) is 1. The molecular formula is C18H26N6O. The number of para-hydroxylation sites is 1. The van der Waals surface area contributed by atoms with Gasteiger partial charge in [-0.2, -0.15) is 0 Å². The van der Waals surface area contributed by atoms with Crippen LogP contribution in [0.25, 0.3) is 0 Å². The molecule has 0 spiro atoms. The van der Waals surface area contributed by atoms with Gasteiger partial charge in [0.1, 0.15) is 24.7 Å². The van der Waals surface area contributed by atoms with Gasteiger partial charge in [0.2, 0.25) is 0 Å². The molecule has 3 rings (SSSR count). The molecule has 2 aromatic rings. The molecule has 2 heterocycles. The lowest BCUT2D eigenvalue weighted by Crippen LogP contribution is -2.47. The first-order valence-corrected chi connectivity index (χ1v) is 8.84. The highest BCUT2D eigenvalue weighted by Gasteiger charge is 2.22. The Hall–Kier alpha value is -2.57. The van der Waals surface area contributed by atoms with Crippen molar-refractivity contribution in [3.63, 3.8) is 0 Å². The summed E-state index contributed by atoms with van der Waals surface area (Å²) in [5.74, 6) is 2.74. The molecule has 0 atom stereocenters. The van der Waals surface area contributed by atoms with Crippen LogP contribution in [0.4, 0.5) is 0 Å². The molecule has 1 aromatic heterocycles. The van der Waals surface area contributed by atoms with Crippen LogP contribution in [0.5, 0.6) is 5.75 Å². The molecule has 1 aliphatic rings. The largest absolute Gasteiger partial charge is 0.490 e. The second-order valence-corrected chi connectivity index (χ2v) is 6.15. The Morgan fingerprint density at radius 2 is 2.04 bits per heavy atom. The van der Waals surface area contributed by atoms with E-state index in [0.29, 0.717) is 6.54 Å². The number of guanidine groups is 1. The van der Waals surface area contributed by atoms with Crippen molar-refractivity contribution >= 4 is 5.96 Å². The first-order chi connectivity index (χ1) is 12.3. The highest BCUT2D eigenvalue weighted by atomic mass is 16.5. The maximum atomic E-state index is 6.07. The fraction of sp³-hybridized carbons (Fsp3) is 0.500. The summed E-state index contributed by atoms with van der Waals surface area (Å²) in [6.45, 7) is 5.32. The Labute approximate surface area is 148 Å². The van der Waals surface area contributed by atoms with Crippen LogP contribution < -0.4 is 10.1 Å². The van der Waals surface area contributed by atoms with Gasteiger partial charge < -0.3 is 19.5 Å². The fourth-order valence-corrected chi connectivity index (χ4v) is 2.90. The highest BCUT2D eigenvalue weighted by Crippen LogP contribution is 2.18. The Bertz CT molecular complexity index is 676. The second kappa shape index (κ2) is 8.50. The van der Waals surface area contributed by atoms with Gasteiger partial charge in [-0.25, -0.2) is 4.99 Å². The van der Waals surface area contributed by atoms with Crippen LogP contribution in [0.2, 0.25) is 0 Å². The standard InChI is InChI=1S/C18H26N6O/c1-3-19-18(20-13-17-22-21-14-23(17)2)24-11-9-16(10-12-24)25-15-7-5-4-6-8-15/h4-8,14,16H,3,9-13H2,1-2H3,(H,19,20). The zero-order chi connectivity index (χ0) is 17.5. The topological polar surface area (TPSA) is 67.6 Å². The zero-order valence-electron chi connectivity index (χ0n) is 14.9.